The molecule has 0 spiro atoms. The van der Waals surface area contributed by atoms with Crippen molar-refractivity contribution < 1.29 is 0 Å². The van der Waals surface area contributed by atoms with Crippen molar-refractivity contribution in [3.63, 3.8) is 0 Å². The van der Waals surface area contributed by atoms with Crippen LogP contribution in [0.4, 0.5) is 0 Å². The maximum absolute atomic E-state index is 2.34. The summed E-state index contributed by atoms with van der Waals surface area (Å²) in [7, 11) is 0. The molecule has 0 saturated carbocycles. The van der Waals surface area contributed by atoms with Crippen LogP contribution in [0.2, 0.25) is 0 Å². The molecule has 0 amide bonds. The molecule has 0 unspecified atom stereocenters. The number of hydrogen-bond acceptors (Lipinski definition) is 0. The summed E-state index contributed by atoms with van der Waals surface area (Å²) in [6.07, 6.45) is 0. The summed E-state index contributed by atoms with van der Waals surface area (Å²) in [5.74, 6) is 0. The lowest BCUT2D eigenvalue weighted by atomic mass is 9.84. The molecule has 10 aromatic carbocycles. The smallest absolute Gasteiger partial charge is 0.00203 e. The summed E-state index contributed by atoms with van der Waals surface area (Å²) < 4.78 is 0. The van der Waals surface area contributed by atoms with Gasteiger partial charge < -0.3 is 0 Å². The van der Waals surface area contributed by atoms with Crippen LogP contribution in [-0.4, -0.2) is 0 Å². The van der Waals surface area contributed by atoms with Gasteiger partial charge in [-0.15, -0.1) is 0 Å². The minimum Gasteiger partial charge on any atom is -0.0622 e. The Morgan fingerprint density at radius 3 is 1.14 bits per heavy atom. The molecule has 0 N–H and O–H groups in total. The first-order chi connectivity index (χ1) is 21.8. The summed E-state index contributed by atoms with van der Waals surface area (Å²) in [5, 5.41) is 15.8. The first-order valence-electron chi connectivity index (χ1n) is 15.4. The molecule has 0 radical (unpaired) electrons. The van der Waals surface area contributed by atoms with Crippen molar-refractivity contribution in [1.29, 1.82) is 0 Å². The van der Waals surface area contributed by atoms with Gasteiger partial charge in [-0.3, -0.25) is 0 Å². The second-order valence-electron chi connectivity index (χ2n) is 12.0. The first-order valence-corrected chi connectivity index (χ1v) is 15.4. The lowest BCUT2D eigenvalue weighted by Crippen LogP contribution is -1.92. The minimum absolute atomic E-state index is 1.24. The van der Waals surface area contributed by atoms with Gasteiger partial charge in [0.05, 0.1) is 0 Å². The average molecular weight is 555 g/mol. The zero-order valence-corrected chi connectivity index (χ0v) is 24.0. The van der Waals surface area contributed by atoms with E-state index in [0.717, 1.165) is 0 Å². The van der Waals surface area contributed by atoms with Crippen molar-refractivity contribution in [2.24, 2.45) is 0 Å². The van der Waals surface area contributed by atoms with Crippen molar-refractivity contribution in [1.82, 2.24) is 0 Å². The van der Waals surface area contributed by atoms with E-state index in [1.54, 1.807) is 0 Å². The monoisotopic (exact) mass is 554 g/mol. The third-order valence-electron chi connectivity index (χ3n) is 9.79. The fourth-order valence-corrected chi connectivity index (χ4v) is 7.83. The Labute approximate surface area is 255 Å². The standard InChI is InChI=1S/C44H26/c1-2-7-27(8-3-1)33-11-4-5-12-34(33)35-21-16-31-20-26-40-37(23-17-32-19-25-39(35)43(31)44(32)40)36-22-15-30-14-13-28-9-6-10-29-18-24-38(36)42(30)41(28)29/h1-26H. The molecule has 0 aliphatic carbocycles. The molecule has 0 nitrogen and oxygen atoms in total. The molecule has 0 aromatic heterocycles. The van der Waals surface area contributed by atoms with Crippen LogP contribution in [0.3, 0.4) is 0 Å². The highest BCUT2D eigenvalue weighted by atomic mass is 14.2. The highest BCUT2D eigenvalue weighted by molar-refractivity contribution is 6.30. The van der Waals surface area contributed by atoms with Gasteiger partial charge in [0.25, 0.3) is 0 Å². The predicted octanol–water partition coefficient (Wildman–Crippen LogP) is 12.5. The quantitative estimate of drug-likeness (QED) is 0.191. The molecule has 0 heterocycles. The molecular weight excluding hydrogens is 528 g/mol. The summed E-state index contributed by atoms with van der Waals surface area (Å²) in [6.45, 7) is 0. The van der Waals surface area contributed by atoms with E-state index in [0.29, 0.717) is 0 Å². The molecule has 0 atom stereocenters. The summed E-state index contributed by atoms with van der Waals surface area (Å²) in [5.41, 5.74) is 7.63. The Bertz CT molecular complexity index is 2680. The third-order valence-corrected chi connectivity index (χ3v) is 9.79. The second kappa shape index (κ2) is 8.89. The molecular formula is C44H26. The van der Waals surface area contributed by atoms with Gasteiger partial charge in [-0.05, 0) is 98.0 Å². The Hall–Kier alpha value is -5.72. The van der Waals surface area contributed by atoms with Crippen molar-refractivity contribution in [3.8, 4) is 33.4 Å². The topological polar surface area (TPSA) is 0 Å². The SMILES string of the molecule is c1ccc(-c2ccccc2-c2ccc3ccc4c(-c5ccc6ccc7cccc8ccc5c6c78)ccc5ccc2c3c54)cc1. The molecule has 10 rings (SSSR count). The highest BCUT2D eigenvalue weighted by Crippen LogP contribution is 2.46. The molecule has 0 heteroatoms. The van der Waals surface area contributed by atoms with Crippen LogP contribution in [0.1, 0.15) is 0 Å². The second-order valence-corrected chi connectivity index (χ2v) is 12.0. The van der Waals surface area contributed by atoms with Crippen molar-refractivity contribution in [2.45, 2.75) is 0 Å². The van der Waals surface area contributed by atoms with E-state index in [1.165, 1.54) is 98.0 Å². The first kappa shape index (κ1) is 23.8. The fourth-order valence-electron chi connectivity index (χ4n) is 7.83. The lowest BCUT2D eigenvalue weighted by Gasteiger charge is -2.19. The van der Waals surface area contributed by atoms with Crippen molar-refractivity contribution in [2.75, 3.05) is 0 Å². The van der Waals surface area contributed by atoms with Gasteiger partial charge in [-0.25, -0.2) is 0 Å². The zero-order valence-electron chi connectivity index (χ0n) is 24.0. The summed E-state index contributed by atoms with van der Waals surface area (Å²) in [4.78, 5) is 0. The van der Waals surface area contributed by atoms with Crippen LogP contribution in [0.25, 0.3) is 98.0 Å². The van der Waals surface area contributed by atoms with Crippen molar-refractivity contribution in [3.05, 3.63) is 158 Å². The summed E-state index contributed by atoms with van der Waals surface area (Å²) in [6, 6.07) is 58.5. The molecule has 0 bridgehead atoms. The van der Waals surface area contributed by atoms with Crippen molar-refractivity contribution >= 4 is 64.6 Å². The Morgan fingerprint density at radius 2 is 0.591 bits per heavy atom. The molecule has 0 saturated heterocycles. The van der Waals surface area contributed by atoms with E-state index in [9.17, 15) is 0 Å². The molecule has 0 aliphatic heterocycles. The van der Waals surface area contributed by atoms with Crippen LogP contribution in [0, 0.1) is 0 Å². The van der Waals surface area contributed by atoms with Crippen LogP contribution in [0.15, 0.2) is 158 Å². The molecule has 0 aliphatic rings. The van der Waals surface area contributed by atoms with E-state index in [4.69, 9.17) is 0 Å². The number of benzene rings is 10. The van der Waals surface area contributed by atoms with Gasteiger partial charge in [0, 0.05) is 0 Å². The minimum atomic E-state index is 1.24. The normalized spacial score (nSPS) is 12.1. The lowest BCUT2D eigenvalue weighted by molar-refractivity contribution is 1.60. The van der Waals surface area contributed by atoms with Gasteiger partial charge >= 0.3 is 0 Å². The van der Waals surface area contributed by atoms with Crippen LogP contribution >= 0.6 is 0 Å². The van der Waals surface area contributed by atoms with Gasteiger partial charge in [0.2, 0.25) is 0 Å². The van der Waals surface area contributed by atoms with Gasteiger partial charge in [0.1, 0.15) is 0 Å². The Morgan fingerprint density at radius 1 is 0.205 bits per heavy atom. The molecule has 10 aromatic rings. The summed E-state index contributed by atoms with van der Waals surface area (Å²) >= 11 is 0. The molecule has 0 fully saturated rings. The highest BCUT2D eigenvalue weighted by Gasteiger charge is 2.18. The van der Waals surface area contributed by atoms with Crippen LogP contribution < -0.4 is 0 Å². The van der Waals surface area contributed by atoms with E-state index < -0.39 is 0 Å². The molecule has 202 valence electrons. The average Bonchev–Trinajstić information content (AvgIpc) is 3.10. The fraction of sp³-hybridized carbons (Fsp3) is 0. The van der Waals surface area contributed by atoms with Crippen LogP contribution in [-0.2, 0) is 0 Å². The van der Waals surface area contributed by atoms with E-state index in [2.05, 4.69) is 158 Å². The number of rotatable bonds is 3. The van der Waals surface area contributed by atoms with Gasteiger partial charge in [0.15, 0.2) is 0 Å². The molecule has 44 heavy (non-hydrogen) atoms. The van der Waals surface area contributed by atoms with Crippen LogP contribution in [0.5, 0.6) is 0 Å². The van der Waals surface area contributed by atoms with E-state index in [-0.39, 0.29) is 0 Å². The van der Waals surface area contributed by atoms with Gasteiger partial charge in [-0.2, -0.15) is 0 Å². The third kappa shape index (κ3) is 3.23. The van der Waals surface area contributed by atoms with E-state index >= 15 is 0 Å². The van der Waals surface area contributed by atoms with Gasteiger partial charge in [-0.1, -0.05) is 158 Å². The predicted molar refractivity (Wildman–Crippen MR) is 190 cm³/mol. The largest absolute Gasteiger partial charge is 0.0622 e. The maximum Gasteiger partial charge on any atom is -0.00203 e. The Balaban J connectivity index is 1.27. The Kier molecular flexibility index (Phi) is 4.81. The van der Waals surface area contributed by atoms with E-state index in [1.807, 2.05) is 0 Å². The maximum atomic E-state index is 2.34. The number of hydrogen-bond donors (Lipinski definition) is 0. The zero-order chi connectivity index (χ0) is 28.8.